The lowest BCUT2D eigenvalue weighted by atomic mass is 10.0. The average molecular weight is 763 g/mol. The Morgan fingerprint density at radius 3 is 2.57 bits per heavy atom. The molecule has 3 amide bonds. The number of fused-ring (bicyclic) bond motifs is 3. The normalized spacial score (nSPS) is 16.9. The molecule has 0 spiro atoms. The van der Waals surface area contributed by atoms with Crippen LogP contribution in [0.15, 0.2) is 124 Å². The topological polar surface area (TPSA) is 170 Å². The highest BCUT2D eigenvalue weighted by Gasteiger charge is 2.40. The van der Waals surface area contributed by atoms with E-state index in [1.165, 1.54) is 27.2 Å². The van der Waals surface area contributed by atoms with E-state index in [9.17, 15) is 22.8 Å². The monoisotopic (exact) mass is 762 g/mol. The van der Waals surface area contributed by atoms with Crippen LogP contribution in [0.25, 0.3) is 10.9 Å². The van der Waals surface area contributed by atoms with Gasteiger partial charge in [-0.2, -0.15) is 0 Å². The number of nitrogens with one attached hydrogen (secondary N) is 2. The maximum atomic E-state index is 14.1. The number of ether oxygens (including phenoxy) is 1. The summed E-state index contributed by atoms with van der Waals surface area (Å²) in [6.45, 7) is 2.01. The molecular weight excluding hydrogens is 729 g/mol. The largest absolute Gasteiger partial charge is 0.455 e. The first kappa shape index (κ1) is 35.1. The number of para-hydroxylation sites is 1. The van der Waals surface area contributed by atoms with Crippen LogP contribution in [0.3, 0.4) is 0 Å². The van der Waals surface area contributed by atoms with Crippen LogP contribution >= 0.6 is 11.8 Å². The van der Waals surface area contributed by atoms with Gasteiger partial charge in [-0.15, -0.1) is 5.10 Å². The minimum atomic E-state index is -4.06. The van der Waals surface area contributed by atoms with Gasteiger partial charge in [0, 0.05) is 42.6 Å². The molecule has 54 heavy (non-hydrogen) atoms. The number of likely N-dealkylation sites (tertiary alicyclic amines) is 1. The molecule has 1 fully saturated rings. The van der Waals surface area contributed by atoms with E-state index in [-0.39, 0.29) is 23.9 Å². The molecular formula is C38H34N8O6S2. The van der Waals surface area contributed by atoms with Crippen LogP contribution in [0.1, 0.15) is 35.4 Å². The molecule has 6 aromatic rings. The third kappa shape index (κ3) is 6.80. The van der Waals surface area contributed by atoms with Gasteiger partial charge in [-0.25, -0.2) is 12.4 Å². The zero-order valence-electron chi connectivity index (χ0n) is 28.9. The fourth-order valence-corrected chi connectivity index (χ4v) is 9.46. The highest BCUT2D eigenvalue weighted by molar-refractivity contribution is 7.99. The van der Waals surface area contributed by atoms with Gasteiger partial charge >= 0.3 is 0 Å². The Balaban J connectivity index is 1.00. The van der Waals surface area contributed by atoms with Crippen LogP contribution < -0.4 is 15.4 Å². The van der Waals surface area contributed by atoms with Crippen LogP contribution in [0.5, 0.6) is 11.5 Å². The van der Waals surface area contributed by atoms with Crippen molar-refractivity contribution in [3.05, 3.63) is 121 Å². The summed E-state index contributed by atoms with van der Waals surface area (Å²) in [4.78, 5) is 48.8. The SMILES string of the molecule is CC(NC(=O)[C@@H]1C[C@H](Cn2ccnn2)CN1C(=O)CNC(=O)c1ccc2c(c1)Oc1ccccc1S2)c1cc2cnccc2n1S(=O)(=O)c1ccccc1. The van der Waals surface area contributed by atoms with Gasteiger partial charge in [0.05, 0.1) is 44.7 Å². The van der Waals surface area contributed by atoms with Crippen molar-refractivity contribution in [3.8, 4) is 11.5 Å². The number of carbonyl (C=O) groups excluding carboxylic acids is 3. The molecule has 16 heteroatoms. The molecule has 14 nitrogen and oxygen atoms in total. The summed E-state index contributed by atoms with van der Waals surface area (Å²) < 4.78 is 36.9. The fraction of sp³-hybridized carbons (Fsp3) is 0.211. The quantitative estimate of drug-likeness (QED) is 0.200. The number of benzene rings is 3. The van der Waals surface area contributed by atoms with E-state index in [2.05, 4.69) is 25.9 Å². The summed E-state index contributed by atoms with van der Waals surface area (Å²) >= 11 is 1.55. The van der Waals surface area contributed by atoms with Gasteiger partial charge in [0.2, 0.25) is 11.8 Å². The third-order valence-corrected chi connectivity index (χ3v) is 12.4. The molecule has 3 atom stereocenters. The van der Waals surface area contributed by atoms with E-state index in [1.54, 1.807) is 84.4 Å². The Labute approximate surface area is 314 Å². The van der Waals surface area contributed by atoms with Gasteiger partial charge in [-0.1, -0.05) is 47.3 Å². The molecule has 274 valence electrons. The highest BCUT2D eigenvalue weighted by atomic mass is 32.2. The van der Waals surface area contributed by atoms with E-state index in [4.69, 9.17) is 4.74 Å². The first-order valence-corrected chi connectivity index (χ1v) is 19.5. The zero-order chi connectivity index (χ0) is 37.4. The molecule has 5 heterocycles. The van der Waals surface area contributed by atoms with Crippen molar-refractivity contribution in [1.82, 2.24) is 39.5 Å². The second-order valence-electron chi connectivity index (χ2n) is 13.1. The number of carbonyl (C=O) groups is 3. The number of hydrogen-bond acceptors (Lipinski definition) is 10. The van der Waals surface area contributed by atoms with E-state index < -0.39 is 39.8 Å². The minimum Gasteiger partial charge on any atom is -0.455 e. The first-order chi connectivity index (χ1) is 26.2. The summed E-state index contributed by atoms with van der Waals surface area (Å²) in [5, 5.41) is 14.2. The summed E-state index contributed by atoms with van der Waals surface area (Å²) in [6.07, 6.45) is 6.66. The number of nitrogens with zero attached hydrogens (tertiary/aromatic N) is 6. The molecule has 3 aromatic carbocycles. The lowest BCUT2D eigenvalue weighted by Gasteiger charge is -2.26. The predicted molar refractivity (Wildman–Crippen MR) is 198 cm³/mol. The lowest BCUT2D eigenvalue weighted by Crippen LogP contribution is -2.49. The van der Waals surface area contributed by atoms with Crippen LogP contribution in [0.2, 0.25) is 0 Å². The molecule has 0 saturated carbocycles. The van der Waals surface area contributed by atoms with Gasteiger partial charge in [0.1, 0.15) is 17.5 Å². The molecule has 8 rings (SSSR count). The van der Waals surface area contributed by atoms with Crippen molar-refractivity contribution in [1.29, 1.82) is 0 Å². The van der Waals surface area contributed by atoms with Crippen LogP contribution in [-0.4, -0.2) is 74.1 Å². The van der Waals surface area contributed by atoms with Gasteiger partial charge in [-0.05, 0) is 73.9 Å². The van der Waals surface area contributed by atoms with Gasteiger partial charge < -0.3 is 20.3 Å². The van der Waals surface area contributed by atoms with Crippen molar-refractivity contribution >= 4 is 50.4 Å². The number of aromatic nitrogens is 5. The van der Waals surface area contributed by atoms with Gasteiger partial charge in [0.15, 0.2) is 0 Å². The van der Waals surface area contributed by atoms with E-state index >= 15 is 0 Å². The third-order valence-electron chi connectivity index (χ3n) is 9.49. The van der Waals surface area contributed by atoms with Crippen molar-refractivity contribution < 1.29 is 27.5 Å². The zero-order valence-corrected chi connectivity index (χ0v) is 30.5. The maximum Gasteiger partial charge on any atom is 0.268 e. The van der Waals surface area contributed by atoms with E-state index in [0.29, 0.717) is 46.6 Å². The standard InChI is InChI=1S/C38H34N8O6S2/c1-24(30-18-27-20-39-14-13-29(27)46(30)54(50,51)28-7-3-2-4-8-28)42-38(49)31-17-25(22-44-16-15-41-43-44)23-45(31)36(47)21-40-37(48)26-11-12-35-33(19-26)52-32-9-5-6-10-34(32)53-35/h2-16,18-20,24-25,31H,17,21-23H2,1H3,(H,40,48)(H,42,49)/t24?,25-,31+/m1/s1. The maximum absolute atomic E-state index is 14.1. The summed E-state index contributed by atoms with van der Waals surface area (Å²) in [5.41, 5.74) is 1.07. The molecule has 0 radical (unpaired) electrons. The Kier molecular flexibility index (Phi) is 9.37. The van der Waals surface area contributed by atoms with E-state index in [0.717, 1.165) is 9.79 Å². The Morgan fingerprint density at radius 1 is 0.963 bits per heavy atom. The van der Waals surface area contributed by atoms with Crippen LogP contribution in [0.4, 0.5) is 0 Å². The van der Waals surface area contributed by atoms with Crippen molar-refractivity contribution in [2.75, 3.05) is 13.1 Å². The lowest BCUT2D eigenvalue weighted by molar-refractivity contribution is -0.138. The second-order valence-corrected chi connectivity index (χ2v) is 16.0. The van der Waals surface area contributed by atoms with Crippen molar-refractivity contribution in [3.63, 3.8) is 0 Å². The highest BCUT2D eigenvalue weighted by Crippen LogP contribution is 2.47. The smallest absolute Gasteiger partial charge is 0.268 e. The van der Waals surface area contributed by atoms with E-state index in [1.807, 2.05) is 30.3 Å². The first-order valence-electron chi connectivity index (χ1n) is 17.2. The van der Waals surface area contributed by atoms with Crippen molar-refractivity contribution in [2.45, 2.75) is 46.7 Å². The molecule has 1 unspecified atom stereocenters. The van der Waals surface area contributed by atoms with Gasteiger partial charge in [-0.3, -0.25) is 24.0 Å². The summed E-state index contributed by atoms with van der Waals surface area (Å²) in [5.74, 6) is -0.263. The average Bonchev–Trinajstić information content (AvgIpc) is 3.96. The fourth-order valence-electron chi connectivity index (χ4n) is 6.91. The molecule has 0 aliphatic carbocycles. The number of hydrogen-bond donors (Lipinski definition) is 2. The minimum absolute atomic E-state index is 0.0942. The Morgan fingerprint density at radius 2 is 1.76 bits per heavy atom. The molecule has 3 aromatic heterocycles. The van der Waals surface area contributed by atoms with Gasteiger partial charge in [0.25, 0.3) is 15.9 Å². The Bertz CT molecular complexity index is 2490. The van der Waals surface area contributed by atoms with Crippen LogP contribution in [-0.2, 0) is 26.2 Å². The molecule has 1 saturated heterocycles. The number of pyridine rings is 1. The molecule has 0 bridgehead atoms. The summed E-state index contributed by atoms with van der Waals surface area (Å²) in [7, 11) is -4.06. The Hall–Kier alpha value is -6.00. The molecule has 2 N–H and O–H groups in total. The number of amides is 3. The summed E-state index contributed by atoms with van der Waals surface area (Å²) in [6, 6.07) is 22.5. The van der Waals surface area contributed by atoms with Crippen molar-refractivity contribution in [2.24, 2.45) is 5.92 Å². The predicted octanol–water partition coefficient (Wildman–Crippen LogP) is 4.65. The molecule has 2 aliphatic rings. The number of rotatable bonds is 10. The molecule has 2 aliphatic heterocycles. The second kappa shape index (κ2) is 14.4. The van der Waals surface area contributed by atoms with Crippen LogP contribution in [0, 0.1) is 5.92 Å².